The molecule has 5 nitrogen and oxygen atoms in total. The largest absolute Gasteiger partial charge is 0.484 e. The predicted octanol–water partition coefficient (Wildman–Crippen LogP) is 3.09. The van der Waals surface area contributed by atoms with E-state index in [9.17, 15) is 22.4 Å². The van der Waals surface area contributed by atoms with Gasteiger partial charge in [-0.3, -0.25) is 0 Å². The Morgan fingerprint density at radius 1 is 1.23 bits per heavy atom. The first-order valence-corrected chi connectivity index (χ1v) is 8.37. The molecule has 2 saturated heterocycles. The Kier molecular flexibility index (Phi) is 5.27. The highest BCUT2D eigenvalue weighted by Gasteiger charge is 2.40. The number of alkyl halides is 3. The van der Waals surface area contributed by atoms with Gasteiger partial charge >= 0.3 is 12.3 Å². The first kappa shape index (κ1) is 18.8. The smallest absolute Gasteiger partial charge is 0.422 e. The molecule has 26 heavy (non-hydrogen) atoms. The monoisotopic (exact) mass is 376 g/mol. The van der Waals surface area contributed by atoms with Gasteiger partial charge < -0.3 is 19.7 Å². The fourth-order valence-electron chi connectivity index (χ4n) is 3.13. The molecule has 2 heterocycles. The van der Waals surface area contributed by atoms with E-state index in [1.807, 2.05) is 0 Å². The fourth-order valence-corrected chi connectivity index (χ4v) is 3.13. The van der Waals surface area contributed by atoms with Crippen molar-refractivity contribution in [2.45, 2.75) is 25.6 Å². The maximum absolute atomic E-state index is 13.9. The van der Waals surface area contributed by atoms with Gasteiger partial charge in [0, 0.05) is 37.8 Å². The van der Waals surface area contributed by atoms with Gasteiger partial charge in [0.1, 0.15) is 18.2 Å². The Balaban J connectivity index is 1.47. The van der Waals surface area contributed by atoms with Gasteiger partial charge in [-0.25, -0.2) is 9.18 Å². The van der Waals surface area contributed by atoms with Crippen molar-refractivity contribution < 1.29 is 31.8 Å². The van der Waals surface area contributed by atoms with Gasteiger partial charge in [-0.15, -0.1) is 0 Å². The minimum absolute atomic E-state index is 0.0781. The molecule has 0 radical (unpaired) electrons. The van der Waals surface area contributed by atoms with Gasteiger partial charge in [-0.1, -0.05) is 0 Å². The van der Waals surface area contributed by atoms with Crippen molar-refractivity contribution in [3.63, 3.8) is 0 Å². The van der Waals surface area contributed by atoms with Gasteiger partial charge in [-0.2, -0.15) is 13.2 Å². The SMILES string of the molecule is O=C(OCc1ccc(OCC(F)(F)F)cc1F)N1CCC2(CC1)CNC2. The van der Waals surface area contributed by atoms with Crippen molar-refractivity contribution in [3.8, 4) is 5.75 Å². The van der Waals surface area contributed by atoms with Crippen molar-refractivity contribution >= 4 is 6.09 Å². The summed E-state index contributed by atoms with van der Waals surface area (Å²) in [4.78, 5) is 13.7. The Morgan fingerprint density at radius 3 is 2.46 bits per heavy atom. The van der Waals surface area contributed by atoms with E-state index in [0.717, 1.165) is 32.0 Å². The summed E-state index contributed by atoms with van der Waals surface area (Å²) in [6, 6.07) is 3.31. The summed E-state index contributed by atoms with van der Waals surface area (Å²) >= 11 is 0. The highest BCUT2D eigenvalue weighted by molar-refractivity contribution is 5.67. The van der Waals surface area contributed by atoms with Crippen molar-refractivity contribution in [2.24, 2.45) is 5.41 Å². The molecule has 3 rings (SSSR count). The predicted molar refractivity (Wildman–Crippen MR) is 84.2 cm³/mol. The van der Waals surface area contributed by atoms with Crippen molar-refractivity contribution in [1.82, 2.24) is 10.2 Å². The summed E-state index contributed by atoms with van der Waals surface area (Å²) in [6.07, 6.45) is -3.18. The topological polar surface area (TPSA) is 50.8 Å². The van der Waals surface area contributed by atoms with E-state index >= 15 is 0 Å². The second-order valence-electron chi connectivity index (χ2n) is 6.80. The maximum Gasteiger partial charge on any atom is 0.422 e. The number of rotatable bonds is 4. The number of carbonyl (C=O) groups excluding carboxylic acids is 1. The van der Waals surface area contributed by atoms with Crippen LogP contribution in [0.4, 0.5) is 22.4 Å². The molecular formula is C17H20F4N2O3. The number of nitrogens with zero attached hydrogens (tertiary/aromatic N) is 1. The van der Waals surface area contributed by atoms with E-state index < -0.39 is 24.7 Å². The molecular weight excluding hydrogens is 356 g/mol. The van der Waals surface area contributed by atoms with Crippen LogP contribution in [0.1, 0.15) is 18.4 Å². The van der Waals surface area contributed by atoms with Crippen LogP contribution in [-0.2, 0) is 11.3 Å². The zero-order chi connectivity index (χ0) is 18.8. The minimum atomic E-state index is -4.49. The van der Waals surface area contributed by atoms with E-state index in [1.165, 1.54) is 12.1 Å². The molecule has 0 aliphatic carbocycles. The van der Waals surface area contributed by atoms with Gasteiger partial charge in [0.15, 0.2) is 6.61 Å². The third-order valence-electron chi connectivity index (χ3n) is 4.86. The molecule has 0 aromatic heterocycles. The van der Waals surface area contributed by atoms with Gasteiger partial charge in [0.05, 0.1) is 0 Å². The van der Waals surface area contributed by atoms with Crippen LogP contribution in [0.5, 0.6) is 5.75 Å². The Morgan fingerprint density at radius 2 is 1.92 bits per heavy atom. The summed E-state index contributed by atoms with van der Waals surface area (Å²) < 4.78 is 59.8. The van der Waals surface area contributed by atoms with Crippen molar-refractivity contribution in [1.29, 1.82) is 0 Å². The zero-order valence-corrected chi connectivity index (χ0v) is 14.1. The molecule has 9 heteroatoms. The number of likely N-dealkylation sites (tertiary alicyclic amines) is 1. The van der Waals surface area contributed by atoms with Crippen molar-refractivity contribution in [2.75, 3.05) is 32.8 Å². The Bertz CT molecular complexity index is 652. The number of ether oxygens (including phenoxy) is 2. The number of hydrogen-bond acceptors (Lipinski definition) is 4. The van der Waals surface area contributed by atoms with Crippen LogP contribution in [0.2, 0.25) is 0 Å². The summed E-state index contributed by atoms with van der Waals surface area (Å²) in [6.45, 7) is 1.38. The Hall–Kier alpha value is -2.03. The number of amides is 1. The van der Waals surface area contributed by atoms with Crippen LogP contribution in [0, 0.1) is 11.2 Å². The summed E-state index contributed by atoms with van der Waals surface area (Å²) in [5.74, 6) is -1.01. The second-order valence-corrected chi connectivity index (χ2v) is 6.80. The van der Waals surface area contributed by atoms with Crippen LogP contribution >= 0.6 is 0 Å². The molecule has 2 aliphatic rings. The molecule has 1 aromatic carbocycles. The third kappa shape index (κ3) is 4.57. The molecule has 1 N–H and O–H groups in total. The van der Waals surface area contributed by atoms with Crippen LogP contribution in [0.15, 0.2) is 18.2 Å². The van der Waals surface area contributed by atoms with Crippen LogP contribution in [0.25, 0.3) is 0 Å². The number of halogens is 4. The van der Waals surface area contributed by atoms with Gasteiger partial charge in [0.25, 0.3) is 0 Å². The molecule has 1 aromatic rings. The van der Waals surface area contributed by atoms with Crippen LogP contribution in [-0.4, -0.2) is 50.0 Å². The van der Waals surface area contributed by atoms with Gasteiger partial charge in [0.2, 0.25) is 0 Å². The highest BCUT2D eigenvalue weighted by atomic mass is 19.4. The average molecular weight is 376 g/mol. The maximum atomic E-state index is 13.9. The molecule has 2 fully saturated rings. The van der Waals surface area contributed by atoms with E-state index in [4.69, 9.17) is 4.74 Å². The number of hydrogen-bond donors (Lipinski definition) is 1. The normalized spacial score (nSPS) is 19.2. The lowest BCUT2D eigenvalue weighted by atomic mass is 9.73. The van der Waals surface area contributed by atoms with Crippen molar-refractivity contribution in [3.05, 3.63) is 29.6 Å². The molecule has 1 spiro atoms. The first-order valence-electron chi connectivity index (χ1n) is 8.37. The average Bonchev–Trinajstić information content (AvgIpc) is 2.57. The number of nitrogens with one attached hydrogen (secondary N) is 1. The molecule has 1 amide bonds. The molecule has 0 atom stereocenters. The Labute approximate surface area is 148 Å². The van der Waals surface area contributed by atoms with E-state index in [-0.39, 0.29) is 17.9 Å². The molecule has 0 unspecified atom stereocenters. The molecule has 144 valence electrons. The highest BCUT2D eigenvalue weighted by Crippen LogP contribution is 2.35. The summed E-state index contributed by atoms with van der Waals surface area (Å²) in [7, 11) is 0. The van der Waals surface area contributed by atoms with Crippen LogP contribution in [0.3, 0.4) is 0 Å². The first-order chi connectivity index (χ1) is 12.3. The van der Waals surface area contributed by atoms with E-state index in [0.29, 0.717) is 18.5 Å². The fraction of sp³-hybridized carbons (Fsp3) is 0.588. The molecule has 0 bridgehead atoms. The quantitative estimate of drug-likeness (QED) is 0.821. The standard InChI is InChI=1S/C17H20F4N2O3/c18-14-7-13(26-11-17(19,20)21)2-1-12(14)8-25-15(24)23-5-3-16(4-6-23)9-22-10-16/h1-2,7,22H,3-6,8-11H2. The summed E-state index contributed by atoms with van der Waals surface area (Å²) in [5.41, 5.74) is 0.379. The zero-order valence-electron chi connectivity index (χ0n) is 14.1. The lowest BCUT2D eigenvalue weighted by molar-refractivity contribution is -0.153. The lowest BCUT2D eigenvalue weighted by Gasteiger charge is -2.48. The molecule has 2 aliphatic heterocycles. The molecule has 0 saturated carbocycles. The number of piperidine rings is 1. The van der Waals surface area contributed by atoms with E-state index in [1.54, 1.807) is 4.90 Å². The van der Waals surface area contributed by atoms with Gasteiger partial charge in [-0.05, 0) is 30.4 Å². The van der Waals surface area contributed by atoms with E-state index in [2.05, 4.69) is 10.1 Å². The second kappa shape index (κ2) is 7.30. The lowest BCUT2D eigenvalue weighted by Crippen LogP contribution is -2.58. The minimum Gasteiger partial charge on any atom is -0.484 e. The number of benzene rings is 1. The summed E-state index contributed by atoms with van der Waals surface area (Å²) in [5, 5.41) is 3.24. The third-order valence-corrected chi connectivity index (χ3v) is 4.86. The number of carbonyl (C=O) groups is 1. The van der Waals surface area contributed by atoms with Crippen LogP contribution < -0.4 is 10.1 Å².